The molecular formula is C29H35F4N5O3. The Hall–Kier alpha value is -3.44. The number of amides is 3. The minimum absolute atomic E-state index is 0.00179. The Morgan fingerprint density at radius 3 is 2.17 bits per heavy atom. The van der Waals surface area contributed by atoms with E-state index < -0.39 is 47.7 Å². The number of rotatable bonds is 10. The normalized spacial score (nSPS) is 20.5. The highest BCUT2D eigenvalue weighted by atomic mass is 19.4. The minimum Gasteiger partial charge on any atom is -0.339 e. The number of alkyl halides is 3. The minimum atomic E-state index is -4.51. The molecule has 5 rings (SSSR count). The van der Waals surface area contributed by atoms with Gasteiger partial charge in [0.1, 0.15) is 23.6 Å². The average molecular weight is 578 g/mol. The van der Waals surface area contributed by atoms with Gasteiger partial charge in [-0.1, -0.05) is 6.07 Å². The highest BCUT2D eigenvalue weighted by Gasteiger charge is 2.51. The number of carbonyl (C=O) groups is 3. The van der Waals surface area contributed by atoms with Crippen LogP contribution < -0.4 is 10.6 Å². The maximum Gasteiger partial charge on any atom is 0.408 e. The summed E-state index contributed by atoms with van der Waals surface area (Å²) in [6, 6.07) is 2.61. The van der Waals surface area contributed by atoms with E-state index in [1.807, 2.05) is 13.8 Å². The van der Waals surface area contributed by atoms with Gasteiger partial charge in [-0.3, -0.25) is 19.1 Å². The molecule has 3 atom stereocenters. The SMILES string of the molecule is CC(C)n1nccc1C(=O)N[C@H](C(=O)Nc1ccc([C@H](C)C(=O)N2CC[C@H]2C(F)(F)F)cc1F)C(C1CC1)C1CC1. The van der Waals surface area contributed by atoms with Crippen molar-refractivity contribution in [1.29, 1.82) is 0 Å². The second-order valence-electron chi connectivity index (χ2n) is 11.8. The lowest BCUT2D eigenvalue weighted by molar-refractivity contribution is -0.212. The topological polar surface area (TPSA) is 96.3 Å². The molecule has 1 aromatic heterocycles. The monoisotopic (exact) mass is 577 g/mol. The Labute approximate surface area is 235 Å². The zero-order valence-corrected chi connectivity index (χ0v) is 23.2. The van der Waals surface area contributed by atoms with Gasteiger partial charge in [-0.05, 0) is 94.4 Å². The lowest BCUT2D eigenvalue weighted by Gasteiger charge is -2.43. The summed E-state index contributed by atoms with van der Waals surface area (Å²) >= 11 is 0. The number of benzene rings is 1. The summed E-state index contributed by atoms with van der Waals surface area (Å²) in [5.41, 5.74) is 0.401. The number of hydrogen-bond acceptors (Lipinski definition) is 4. The number of hydrogen-bond donors (Lipinski definition) is 2. The van der Waals surface area contributed by atoms with Crippen LogP contribution in [0.3, 0.4) is 0 Å². The first kappa shape index (κ1) is 29.1. The number of likely N-dealkylation sites (tertiary alicyclic amines) is 1. The molecule has 0 bridgehead atoms. The Morgan fingerprint density at radius 2 is 1.66 bits per heavy atom. The van der Waals surface area contributed by atoms with Gasteiger partial charge in [-0.15, -0.1) is 0 Å². The first-order valence-corrected chi connectivity index (χ1v) is 14.2. The number of anilines is 1. The molecule has 2 N–H and O–H groups in total. The summed E-state index contributed by atoms with van der Waals surface area (Å²) in [4.78, 5) is 40.4. The van der Waals surface area contributed by atoms with Crippen molar-refractivity contribution in [3.8, 4) is 0 Å². The smallest absolute Gasteiger partial charge is 0.339 e. The van der Waals surface area contributed by atoms with Gasteiger partial charge >= 0.3 is 6.18 Å². The quantitative estimate of drug-likeness (QED) is 0.387. The fourth-order valence-electron chi connectivity index (χ4n) is 5.84. The van der Waals surface area contributed by atoms with Gasteiger partial charge in [-0.2, -0.15) is 18.3 Å². The predicted octanol–water partition coefficient (Wildman–Crippen LogP) is 5.04. The number of halogens is 4. The number of carbonyl (C=O) groups excluding carboxylic acids is 3. The molecule has 3 aliphatic rings. The van der Waals surface area contributed by atoms with Gasteiger partial charge in [0.15, 0.2) is 0 Å². The second-order valence-corrected chi connectivity index (χ2v) is 11.8. The molecule has 8 nitrogen and oxygen atoms in total. The number of aromatic nitrogens is 2. The van der Waals surface area contributed by atoms with Crippen molar-refractivity contribution in [2.75, 3.05) is 11.9 Å². The van der Waals surface area contributed by atoms with Gasteiger partial charge in [-0.25, -0.2) is 4.39 Å². The molecule has 2 aliphatic carbocycles. The summed E-state index contributed by atoms with van der Waals surface area (Å²) in [7, 11) is 0. The van der Waals surface area contributed by atoms with E-state index in [0.29, 0.717) is 17.5 Å². The van der Waals surface area contributed by atoms with Crippen LogP contribution >= 0.6 is 0 Å². The molecule has 0 radical (unpaired) electrons. The maximum absolute atomic E-state index is 15.2. The van der Waals surface area contributed by atoms with Crippen molar-refractivity contribution in [2.45, 2.75) is 83.1 Å². The van der Waals surface area contributed by atoms with Crippen LogP contribution in [-0.4, -0.2) is 57.2 Å². The summed E-state index contributed by atoms with van der Waals surface area (Å²) in [6.07, 6.45) is 0.723. The molecular weight excluding hydrogens is 542 g/mol. The molecule has 12 heteroatoms. The lowest BCUT2D eigenvalue weighted by atomic mass is 9.88. The van der Waals surface area contributed by atoms with Crippen LogP contribution in [-0.2, 0) is 9.59 Å². The van der Waals surface area contributed by atoms with Crippen molar-refractivity contribution in [3.05, 3.63) is 47.5 Å². The van der Waals surface area contributed by atoms with E-state index in [1.165, 1.54) is 25.3 Å². The third-order valence-electron chi connectivity index (χ3n) is 8.48. The van der Waals surface area contributed by atoms with Crippen LogP contribution in [0.1, 0.15) is 80.9 Å². The van der Waals surface area contributed by atoms with Crippen molar-refractivity contribution in [2.24, 2.45) is 17.8 Å². The first-order valence-electron chi connectivity index (χ1n) is 14.2. The van der Waals surface area contributed by atoms with Crippen LogP contribution in [0.5, 0.6) is 0 Å². The van der Waals surface area contributed by atoms with E-state index in [0.717, 1.165) is 36.6 Å². The van der Waals surface area contributed by atoms with Crippen molar-refractivity contribution in [1.82, 2.24) is 20.0 Å². The van der Waals surface area contributed by atoms with Crippen LogP contribution in [0.15, 0.2) is 30.5 Å². The molecule has 2 heterocycles. The van der Waals surface area contributed by atoms with E-state index in [9.17, 15) is 27.6 Å². The summed E-state index contributed by atoms with van der Waals surface area (Å²) in [6.45, 7) is 5.22. The van der Waals surface area contributed by atoms with E-state index in [2.05, 4.69) is 15.7 Å². The van der Waals surface area contributed by atoms with Crippen LogP contribution in [0.25, 0.3) is 0 Å². The molecule has 1 aromatic carbocycles. The zero-order valence-electron chi connectivity index (χ0n) is 23.2. The lowest BCUT2D eigenvalue weighted by Crippen LogP contribution is -2.59. The Kier molecular flexibility index (Phi) is 7.86. The first-order chi connectivity index (χ1) is 19.4. The van der Waals surface area contributed by atoms with E-state index in [-0.39, 0.29) is 36.2 Å². The van der Waals surface area contributed by atoms with Gasteiger partial charge in [0.2, 0.25) is 11.8 Å². The fraction of sp³-hybridized carbons (Fsp3) is 0.586. The highest BCUT2D eigenvalue weighted by Crippen LogP contribution is 2.51. The van der Waals surface area contributed by atoms with E-state index >= 15 is 4.39 Å². The van der Waals surface area contributed by atoms with Crippen molar-refractivity contribution in [3.63, 3.8) is 0 Å². The van der Waals surface area contributed by atoms with Crippen molar-refractivity contribution < 1.29 is 31.9 Å². The summed E-state index contributed by atoms with van der Waals surface area (Å²) in [5.74, 6) is -2.99. The summed E-state index contributed by atoms with van der Waals surface area (Å²) in [5, 5.41) is 9.72. The zero-order chi connectivity index (χ0) is 29.6. The highest BCUT2D eigenvalue weighted by molar-refractivity contribution is 6.01. The molecule has 222 valence electrons. The average Bonchev–Trinajstić information content (AvgIpc) is 3.81. The Bertz CT molecular complexity index is 1310. The Morgan fingerprint density at radius 1 is 1.00 bits per heavy atom. The molecule has 0 unspecified atom stereocenters. The third kappa shape index (κ3) is 6.11. The van der Waals surface area contributed by atoms with Crippen LogP contribution in [0.4, 0.5) is 23.2 Å². The molecule has 1 saturated heterocycles. The summed E-state index contributed by atoms with van der Waals surface area (Å²) < 4.78 is 56.2. The van der Waals surface area contributed by atoms with Gasteiger partial charge in [0.25, 0.3) is 5.91 Å². The molecule has 3 fully saturated rings. The van der Waals surface area contributed by atoms with Crippen molar-refractivity contribution >= 4 is 23.4 Å². The largest absolute Gasteiger partial charge is 0.408 e. The fourth-order valence-corrected chi connectivity index (χ4v) is 5.84. The van der Waals surface area contributed by atoms with Crippen LogP contribution in [0, 0.1) is 23.6 Å². The maximum atomic E-state index is 15.2. The van der Waals surface area contributed by atoms with Gasteiger partial charge in [0, 0.05) is 18.8 Å². The molecule has 0 spiro atoms. The molecule has 2 saturated carbocycles. The third-order valence-corrected chi connectivity index (χ3v) is 8.48. The number of nitrogens with one attached hydrogen (secondary N) is 2. The standard InChI is InChI=1S/C29H35F4N5O3/c1-15(2)38-22(10-12-34-38)26(39)36-25(24(17-4-5-17)18-6-7-18)27(40)35-21-9-8-19(14-20(21)30)16(3)28(41)37-13-11-23(37)29(31,32)33/h8-10,12,14-18,23-25H,4-7,11,13H2,1-3H3,(H,35,40)(H,36,39)/t16-,23-,25-/m0/s1. The molecule has 41 heavy (non-hydrogen) atoms. The Balaban J connectivity index is 1.32. The van der Waals surface area contributed by atoms with E-state index in [1.54, 1.807) is 10.7 Å². The van der Waals surface area contributed by atoms with Gasteiger partial charge in [0.05, 0.1) is 11.6 Å². The van der Waals surface area contributed by atoms with E-state index in [4.69, 9.17) is 0 Å². The molecule has 2 aromatic rings. The molecule has 3 amide bonds. The number of nitrogens with zero attached hydrogens (tertiary/aromatic N) is 3. The van der Waals surface area contributed by atoms with Crippen LogP contribution in [0.2, 0.25) is 0 Å². The predicted molar refractivity (Wildman–Crippen MR) is 142 cm³/mol. The second kappa shape index (κ2) is 11.1. The molecule has 1 aliphatic heterocycles. The van der Waals surface area contributed by atoms with Gasteiger partial charge < -0.3 is 15.5 Å².